The molecule has 0 bridgehead atoms. The molecule has 3 N–H and O–H groups in total. The second kappa shape index (κ2) is 5.89. The Balaban J connectivity index is 2.23. The van der Waals surface area contributed by atoms with Gasteiger partial charge in [-0.25, -0.2) is 0 Å². The van der Waals surface area contributed by atoms with Crippen molar-refractivity contribution in [1.29, 1.82) is 0 Å². The van der Waals surface area contributed by atoms with Crippen molar-refractivity contribution in [2.24, 2.45) is 5.73 Å². The van der Waals surface area contributed by atoms with Crippen LogP contribution in [0.2, 0.25) is 0 Å². The minimum Gasteiger partial charge on any atom is -0.369 e. The molecule has 1 aromatic carbocycles. The summed E-state index contributed by atoms with van der Waals surface area (Å²) in [5.41, 5.74) is 7.57. The quantitative estimate of drug-likeness (QED) is 0.879. The summed E-state index contributed by atoms with van der Waals surface area (Å²) in [5.74, 6) is -0.356. The maximum absolute atomic E-state index is 11.7. The van der Waals surface area contributed by atoms with Gasteiger partial charge in [0.1, 0.15) is 6.04 Å². The van der Waals surface area contributed by atoms with Crippen molar-refractivity contribution in [3.63, 3.8) is 0 Å². The predicted octanol–water partition coefficient (Wildman–Crippen LogP) is 3.26. The van der Waals surface area contributed by atoms with E-state index in [1.54, 1.807) is 11.3 Å². The van der Waals surface area contributed by atoms with Gasteiger partial charge >= 0.3 is 0 Å². The predicted molar refractivity (Wildman–Crippen MR) is 80.4 cm³/mol. The minimum absolute atomic E-state index is 0.356. The van der Waals surface area contributed by atoms with Gasteiger partial charge in [-0.3, -0.25) is 4.79 Å². The molecule has 2 rings (SSSR count). The van der Waals surface area contributed by atoms with Crippen LogP contribution in [0.25, 0.3) is 0 Å². The van der Waals surface area contributed by atoms with Crippen molar-refractivity contribution in [3.8, 4) is 0 Å². The number of nitrogens with one attached hydrogen (secondary N) is 1. The number of carbonyl (C=O) groups excluding carboxylic acids is 1. The first-order chi connectivity index (χ1) is 9.10. The summed E-state index contributed by atoms with van der Waals surface area (Å²) in [6.07, 6.45) is 0.973. The van der Waals surface area contributed by atoms with Crippen LogP contribution < -0.4 is 11.1 Å². The second-order valence-corrected chi connectivity index (χ2v) is 5.71. The molecule has 2 aromatic rings. The highest BCUT2D eigenvalue weighted by Gasteiger charge is 2.19. The van der Waals surface area contributed by atoms with Crippen LogP contribution in [0.4, 0.5) is 5.69 Å². The largest absolute Gasteiger partial charge is 0.369 e. The Labute approximate surface area is 117 Å². The van der Waals surface area contributed by atoms with Gasteiger partial charge in [0.15, 0.2) is 0 Å². The van der Waals surface area contributed by atoms with E-state index in [4.69, 9.17) is 5.73 Å². The Morgan fingerprint density at radius 1 is 1.37 bits per heavy atom. The van der Waals surface area contributed by atoms with E-state index in [-0.39, 0.29) is 5.91 Å². The van der Waals surface area contributed by atoms with E-state index >= 15 is 0 Å². The fourth-order valence-corrected chi connectivity index (χ4v) is 2.94. The molecule has 1 amide bonds. The molecule has 19 heavy (non-hydrogen) atoms. The lowest BCUT2D eigenvalue weighted by Crippen LogP contribution is -2.27. The average molecular weight is 274 g/mol. The lowest BCUT2D eigenvalue weighted by atomic mass is 10.1. The number of rotatable bonds is 5. The highest BCUT2D eigenvalue weighted by atomic mass is 32.1. The summed E-state index contributed by atoms with van der Waals surface area (Å²) in [5, 5.41) is 3.21. The molecule has 0 aliphatic carbocycles. The smallest absolute Gasteiger partial charge is 0.245 e. The highest BCUT2D eigenvalue weighted by Crippen LogP contribution is 2.27. The van der Waals surface area contributed by atoms with Gasteiger partial charge in [0.25, 0.3) is 0 Å². The summed E-state index contributed by atoms with van der Waals surface area (Å²) in [7, 11) is 0. The number of carbonyl (C=O) groups is 1. The van der Waals surface area contributed by atoms with Crippen molar-refractivity contribution in [2.45, 2.75) is 26.3 Å². The lowest BCUT2D eigenvalue weighted by Gasteiger charge is -2.15. The molecule has 1 unspecified atom stereocenters. The van der Waals surface area contributed by atoms with Crippen LogP contribution in [0, 0.1) is 6.92 Å². The fraction of sp³-hybridized carbons (Fsp3) is 0.267. The van der Waals surface area contributed by atoms with E-state index in [1.165, 1.54) is 4.88 Å². The van der Waals surface area contributed by atoms with Crippen molar-refractivity contribution in [2.75, 3.05) is 5.32 Å². The van der Waals surface area contributed by atoms with Gasteiger partial charge in [-0.1, -0.05) is 19.1 Å². The van der Waals surface area contributed by atoms with Gasteiger partial charge in [0.2, 0.25) is 5.91 Å². The molecule has 0 saturated heterocycles. The number of amides is 1. The molecular formula is C15H18N2OS. The maximum Gasteiger partial charge on any atom is 0.245 e. The van der Waals surface area contributed by atoms with Crippen LogP contribution in [0.1, 0.15) is 28.3 Å². The first kappa shape index (κ1) is 13.6. The van der Waals surface area contributed by atoms with Crippen molar-refractivity contribution < 1.29 is 4.79 Å². The van der Waals surface area contributed by atoms with Crippen LogP contribution in [0.15, 0.2) is 36.4 Å². The standard InChI is InChI=1S/C15H18N2OS/c1-3-12-7-8-13(19-12)14(15(16)18)17-11-6-4-5-10(2)9-11/h4-9,14,17H,3H2,1-2H3,(H2,16,18). The van der Waals surface area contributed by atoms with E-state index in [1.807, 2.05) is 43.3 Å². The zero-order valence-corrected chi connectivity index (χ0v) is 12.0. The molecule has 3 nitrogen and oxygen atoms in total. The topological polar surface area (TPSA) is 55.1 Å². The number of hydrogen-bond acceptors (Lipinski definition) is 3. The fourth-order valence-electron chi connectivity index (χ4n) is 1.92. The summed E-state index contributed by atoms with van der Waals surface area (Å²) < 4.78 is 0. The SMILES string of the molecule is CCc1ccc(C(Nc2cccc(C)c2)C(N)=O)s1. The normalized spacial score (nSPS) is 12.1. The second-order valence-electron chi connectivity index (χ2n) is 4.51. The number of aryl methyl sites for hydroxylation is 2. The van der Waals surface area contributed by atoms with E-state index in [9.17, 15) is 4.79 Å². The molecule has 1 heterocycles. The third kappa shape index (κ3) is 3.35. The third-order valence-electron chi connectivity index (χ3n) is 2.93. The van der Waals surface area contributed by atoms with Gasteiger partial charge in [0.05, 0.1) is 0 Å². The number of benzene rings is 1. The van der Waals surface area contributed by atoms with Crippen LogP contribution in [-0.2, 0) is 11.2 Å². The monoisotopic (exact) mass is 274 g/mol. The molecular weight excluding hydrogens is 256 g/mol. The number of hydrogen-bond donors (Lipinski definition) is 2. The van der Waals surface area contributed by atoms with Gasteiger partial charge in [-0.05, 0) is 43.2 Å². The zero-order valence-electron chi connectivity index (χ0n) is 11.1. The Morgan fingerprint density at radius 3 is 2.74 bits per heavy atom. The van der Waals surface area contributed by atoms with Gasteiger partial charge in [-0.2, -0.15) is 0 Å². The van der Waals surface area contributed by atoms with Gasteiger partial charge in [-0.15, -0.1) is 11.3 Å². The molecule has 0 spiro atoms. The number of thiophene rings is 1. The van der Waals surface area contributed by atoms with E-state index < -0.39 is 6.04 Å². The Hall–Kier alpha value is -1.81. The van der Waals surface area contributed by atoms with Crippen molar-refractivity contribution >= 4 is 22.9 Å². The van der Waals surface area contributed by atoms with Crippen LogP contribution >= 0.6 is 11.3 Å². The number of nitrogens with two attached hydrogens (primary N) is 1. The Kier molecular flexibility index (Phi) is 4.22. The molecule has 0 radical (unpaired) electrons. The van der Waals surface area contributed by atoms with Crippen molar-refractivity contribution in [1.82, 2.24) is 0 Å². The first-order valence-corrected chi connectivity index (χ1v) is 7.13. The molecule has 1 atom stereocenters. The van der Waals surface area contributed by atoms with E-state index in [2.05, 4.69) is 12.2 Å². The molecule has 0 saturated carbocycles. The van der Waals surface area contributed by atoms with E-state index in [0.717, 1.165) is 22.5 Å². The summed E-state index contributed by atoms with van der Waals surface area (Å²) in [6, 6.07) is 11.5. The molecule has 1 aromatic heterocycles. The summed E-state index contributed by atoms with van der Waals surface area (Å²) >= 11 is 1.63. The third-order valence-corrected chi connectivity index (χ3v) is 4.22. The lowest BCUT2D eigenvalue weighted by molar-refractivity contribution is -0.118. The van der Waals surface area contributed by atoms with E-state index in [0.29, 0.717) is 0 Å². The molecule has 0 aliphatic rings. The first-order valence-electron chi connectivity index (χ1n) is 6.31. The Bertz CT molecular complexity index is 577. The average Bonchev–Trinajstić information content (AvgIpc) is 2.84. The zero-order chi connectivity index (χ0) is 13.8. The van der Waals surface area contributed by atoms with Gasteiger partial charge in [0, 0.05) is 15.4 Å². The minimum atomic E-state index is -0.466. The highest BCUT2D eigenvalue weighted by molar-refractivity contribution is 7.12. The Morgan fingerprint density at radius 2 is 2.16 bits per heavy atom. The van der Waals surface area contributed by atoms with Crippen LogP contribution in [0.5, 0.6) is 0 Å². The number of primary amides is 1. The summed E-state index contributed by atoms with van der Waals surface area (Å²) in [4.78, 5) is 13.9. The summed E-state index contributed by atoms with van der Waals surface area (Å²) in [6.45, 7) is 4.12. The molecule has 0 fully saturated rings. The van der Waals surface area contributed by atoms with Gasteiger partial charge < -0.3 is 11.1 Å². The number of anilines is 1. The maximum atomic E-state index is 11.7. The molecule has 0 aliphatic heterocycles. The molecule has 4 heteroatoms. The molecule has 100 valence electrons. The van der Waals surface area contributed by atoms with Crippen molar-refractivity contribution in [3.05, 3.63) is 51.7 Å². The van der Waals surface area contributed by atoms with Crippen LogP contribution in [-0.4, -0.2) is 5.91 Å². The van der Waals surface area contributed by atoms with Crippen LogP contribution in [0.3, 0.4) is 0 Å².